The number of aliphatic hydroxyl groups excluding tert-OH is 1. The van der Waals surface area contributed by atoms with Gasteiger partial charge in [-0.25, -0.2) is 4.90 Å². The maximum atomic E-state index is 12.9. The van der Waals surface area contributed by atoms with Crippen LogP contribution in [0.2, 0.25) is 0 Å². The van der Waals surface area contributed by atoms with Crippen molar-refractivity contribution in [3.05, 3.63) is 58.8 Å². The van der Waals surface area contributed by atoms with Crippen LogP contribution in [0.25, 0.3) is 5.57 Å². The Morgan fingerprint density at radius 2 is 1.54 bits per heavy atom. The lowest BCUT2D eigenvalue weighted by atomic mass is 10.00. The second-order valence-corrected chi connectivity index (χ2v) is 6.01. The van der Waals surface area contributed by atoms with E-state index in [1.807, 2.05) is 19.9 Å². The smallest absolute Gasteiger partial charge is 0.301 e. The van der Waals surface area contributed by atoms with Gasteiger partial charge in [0, 0.05) is 6.07 Å². The minimum absolute atomic E-state index is 0.00659. The molecule has 0 spiro atoms. The van der Waals surface area contributed by atoms with Crippen LogP contribution in [0.5, 0.6) is 11.5 Å². The van der Waals surface area contributed by atoms with Crippen LogP contribution in [0.3, 0.4) is 0 Å². The zero-order chi connectivity index (χ0) is 19.0. The molecular weight excluding hydrogens is 334 g/mol. The van der Waals surface area contributed by atoms with Crippen LogP contribution in [0.4, 0.5) is 5.69 Å². The molecule has 0 saturated heterocycles. The van der Waals surface area contributed by atoms with E-state index in [-0.39, 0.29) is 5.57 Å². The predicted molar refractivity (Wildman–Crippen MR) is 97.5 cm³/mol. The second-order valence-electron chi connectivity index (χ2n) is 6.01. The quantitative estimate of drug-likeness (QED) is 0.855. The Bertz CT molecular complexity index is 945. The highest BCUT2D eigenvalue weighted by Crippen LogP contribution is 2.36. The van der Waals surface area contributed by atoms with E-state index >= 15 is 0 Å². The molecule has 0 saturated carbocycles. The monoisotopic (exact) mass is 353 g/mol. The fourth-order valence-corrected chi connectivity index (χ4v) is 2.87. The normalized spacial score (nSPS) is 14.2. The molecule has 1 heterocycles. The summed E-state index contributed by atoms with van der Waals surface area (Å²) in [5.74, 6) is -1.06. The first-order valence-electron chi connectivity index (χ1n) is 8.00. The lowest BCUT2D eigenvalue weighted by Gasteiger charge is -2.17. The van der Waals surface area contributed by atoms with Gasteiger partial charge < -0.3 is 14.6 Å². The molecule has 0 radical (unpaired) electrons. The molecule has 0 atom stereocenters. The van der Waals surface area contributed by atoms with E-state index in [0.29, 0.717) is 22.7 Å². The van der Waals surface area contributed by atoms with E-state index in [2.05, 4.69) is 0 Å². The number of amides is 2. The Labute approximate surface area is 151 Å². The van der Waals surface area contributed by atoms with Gasteiger partial charge in [0.2, 0.25) is 0 Å². The van der Waals surface area contributed by atoms with Crippen molar-refractivity contribution in [3.8, 4) is 11.5 Å². The van der Waals surface area contributed by atoms with Crippen molar-refractivity contribution in [3.63, 3.8) is 0 Å². The minimum Gasteiger partial charge on any atom is -0.502 e. The van der Waals surface area contributed by atoms with Gasteiger partial charge in [0.15, 0.2) is 17.3 Å². The van der Waals surface area contributed by atoms with Crippen LogP contribution >= 0.6 is 0 Å². The number of carbonyl (C=O) groups excluding carboxylic acids is 2. The molecule has 0 aliphatic carbocycles. The Hall–Kier alpha value is -3.28. The van der Waals surface area contributed by atoms with Gasteiger partial charge in [-0.1, -0.05) is 18.2 Å². The number of hydrogen-bond donors (Lipinski definition) is 1. The van der Waals surface area contributed by atoms with Crippen LogP contribution in [-0.2, 0) is 9.59 Å². The molecule has 0 fully saturated rings. The van der Waals surface area contributed by atoms with Crippen molar-refractivity contribution < 1.29 is 24.2 Å². The molecule has 1 N–H and O–H groups in total. The fraction of sp³-hybridized carbons (Fsp3) is 0.200. The number of imide groups is 1. The topological polar surface area (TPSA) is 76.1 Å². The molecule has 0 aromatic heterocycles. The maximum Gasteiger partial charge on any atom is 0.301 e. The largest absolute Gasteiger partial charge is 0.502 e. The molecule has 2 amide bonds. The SMILES string of the molecule is COc1ccc(N2C(=O)C(O)=C(c3ccc(C)c(C)c3)C2=O)cc1OC. The van der Waals surface area contributed by atoms with Gasteiger partial charge in [-0.3, -0.25) is 9.59 Å². The van der Waals surface area contributed by atoms with Crippen molar-refractivity contribution in [2.45, 2.75) is 13.8 Å². The van der Waals surface area contributed by atoms with Crippen LogP contribution in [0.15, 0.2) is 42.2 Å². The van der Waals surface area contributed by atoms with Gasteiger partial charge in [0.1, 0.15) is 0 Å². The first-order valence-corrected chi connectivity index (χ1v) is 8.00. The molecule has 3 rings (SSSR count). The number of rotatable bonds is 4. The average Bonchev–Trinajstić information content (AvgIpc) is 2.86. The van der Waals surface area contributed by atoms with Crippen molar-refractivity contribution in [1.82, 2.24) is 0 Å². The van der Waals surface area contributed by atoms with Crippen molar-refractivity contribution in [2.24, 2.45) is 0 Å². The molecule has 0 unspecified atom stereocenters. The molecule has 6 heteroatoms. The van der Waals surface area contributed by atoms with E-state index in [0.717, 1.165) is 16.0 Å². The number of anilines is 1. The Kier molecular flexibility index (Phi) is 4.42. The highest BCUT2D eigenvalue weighted by molar-refractivity contribution is 6.44. The average molecular weight is 353 g/mol. The van der Waals surface area contributed by atoms with E-state index in [1.165, 1.54) is 20.3 Å². The Balaban J connectivity index is 2.04. The zero-order valence-electron chi connectivity index (χ0n) is 15.0. The minimum atomic E-state index is -0.768. The molecule has 134 valence electrons. The zero-order valence-corrected chi connectivity index (χ0v) is 15.0. The van der Waals surface area contributed by atoms with E-state index in [1.54, 1.807) is 24.3 Å². The van der Waals surface area contributed by atoms with Crippen LogP contribution in [-0.4, -0.2) is 31.1 Å². The van der Waals surface area contributed by atoms with Gasteiger partial charge in [-0.05, 0) is 42.7 Å². The number of aryl methyl sites for hydroxylation is 2. The predicted octanol–water partition coefficient (Wildman–Crippen LogP) is 3.16. The summed E-state index contributed by atoms with van der Waals surface area (Å²) in [7, 11) is 2.96. The van der Waals surface area contributed by atoms with Crippen LogP contribution in [0, 0.1) is 13.8 Å². The van der Waals surface area contributed by atoms with Crippen molar-refractivity contribution >= 4 is 23.1 Å². The Morgan fingerprint density at radius 3 is 2.15 bits per heavy atom. The summed E-state index contributed by atoms with van der Waals surface area (Å²) in [6.07, 6.45) is 0. The van der Waals surface area contributed by atoms with Gasteiger partial charge in [0.25, 0.3) is 5.91 Å². The number of aliphatic hydroxyl groups is 1. The summed E-state index contributed by atoms with van der Waals surface area (Å²) in [5.41, 5.74) is 2.82. The van der Waals surface area contributed by atoms with E-state index < -0.39 is 17.6 Å². The van der Waals surface area contributed by atoms with E-state index in [9.17, 15) is 14.7 Å². The summed E-state index contributed by atoms with van der Waals surface area (Å²) in [5, 5.41) is 10.3. The molecule has 0 bridgehead atoms. The Morgan fingerprint density at radius 1 is 0.846 bits per heavy atom. The summed E-state index contributed by atoms with van der Waals surface area (Å²) < 4.78 is 10.4. The fourth-order valence-electron chi connectivity index (χ4n) is 2.87. The molecule has 26 heavy (non-hydrogen) atoms. The van der Waals surface area contributed by atoms with Crippen molar-refractivity contribution in [2.75, 3.05) is 19.1 Å². The van der Waals surface area contributed by atoms with Crippen LogP contribution in [0.1, 0.15) is 16.7 Å². The molecule has 1 aliphatic rings. The first-order chi connectivity index (χ1) is 12.4. The summed E-state index contributed by atoms with van der Waals surface area (Å²) in [6, 6.07) is 10.0. The number of benzene rings is 2. The van der Waals surface area contributed by atoms with Gasteiger partial charge in [-0.15, -0.1) is 0 Å². The molecule has 2 aromatic carbocycles. The highest BCUT2D eigenvalue weighted by atomic mass is 16.5. The highest BCUT2D eigenvalue weighted by Gasteiger charge is 2.40. The first kappa shape index (κ1) is 17.5. The maximum absolute atomic E-state index is 12.9. The third kappa shape index (κ3) is 2.69. The van der Waals surface area contributed by atoms with Gasteiger partial charge in [0.05, 0.1) is 25.5 Å². The lowest BCUT2D eigenvalue weighted by Crippen LogP contribution is -2.31. The third-order valence-electron chi connectivity index (χ3n) is 4.48. The lowest BCUT2D eigenvalue weighted by molar-refractivity contribution is -0.121. The molecular formula is C20H19NO5. The van der Waals surface area contributed by atoms with Gasteiger partial charge in [-0.2, -0.15) is 0 Å². The third-order valence-corrected chi connectivity index (χ3v) is 4.48. The standard InChI is InChI=1S/C20H19NO5/c1-11-5-6-13(9-12(11)2)17-18(22)20(24)21(19(17)23)14-7-8-15(25-3)16(10-14)26-4/h5-10,22H,1-4H3. The van der Waals surface area contributed by atoms with Crippen molar-refractivity contribution in [1.29, 1.82) is 0 Å². The summed E-state index contributed by atoms with van der Waals surface area (Å²) in [6.45, 7) is 3.86. The second kappa shape index (κ2) is 6.55. The molecule has 1 aliphatic heterocycles. The number of hydrogen-bond acceptors (Lipinski definition) is 5. The summed E-state index contributed by atoms with van der Waals surface area (Å²) in [4.78, 5) is 26.4. The number of carbonyl (C=O) groups is 2. The van der Waals surface area contributed by atoms with E-state index in [4.69, 9.17) is 9.47 Å². The van der Waals surface area contributed by atoms with Crippen LogP contribution < -0.4 is 14.4 Å². The number of ether oxygens (including phenoxy) is 2. The number of methoxy groups -OCH3 is 2. The molecule has 2 aromatic rings. The van der Waals surface area contributed by atoms with Gasteiger partial charge >= 0.3 is 5.91 Å². The summed E-state index contributed by atoms with van der Waals surface area (Å²) >= 11 is 0. The molecule has 6 nitrogen and oxygen atoms in total. The number of nitrogens with zero attached hydrogens (tertiary/aromatic N) is 1.